The standard InChI is InChI=1S/C14H22FN3O/c1-4-18(10(2)9-19-3)8-11-5-6-12(15)7-13(11)14(16)17/h5-7,10H,4,8-9H2,1-3H3,(H3,16,17). The van der Waals surface area contributed by atoms with Crippen LogP contribution in [0.4, 0.5) is 4.39 Å². The molecule has 106 valence electrons. The van der Waals surface area contributed by atoms with Crippen molar-refractivity contribution in [2.45, 2.75) is 26.4 Å². The van der Waals surface area contributed by atoms with Gasteiger partial charge >= 0.3 is 0 Å². The van der Waals surface area contributed by atoms with Crippen molar-refractivity contribution >= 4 is 5.84 Å². The molecule has 0 aromatic heterocycles. The van der Waals surface area contributed by atoms with E-state index >= 15 is 0 Å². The highest BCUT2D eigenvalue weighted by atomic mass is 19.1. The van der Waals surface area contributed by atoms with Gasteiger partial charge in [0.1, 0.15) is 11.7 Å². The molecule has 3 N–H and O–H groups in total. The van der Waals surface area contributed by atoms with Gasteiger partial charge in [0, 0.05) is 25.3 Å². The van der Waals surface area contributed by atoms with Crippen LogP contribution in [0.1, 0.15) is 25.0 Å². The minimum Gasteiger partial charge on any atom is -0.384 e. The number of ether oxygens (including phenoxy) is 1. The van der Waals surface area contributed by atoms with E-state index in [0.29, 0.717) is 18.7 Å². The first-order valence-corrected chi connectivity index (χ1v) is 6.35. The number of benzene rings is 1. The number of likely N-dealkylation sites (N-methyl/N-ethyl adjacent to an activating group) is 1. The van der Waals surface area contributed by atoms with E-state index in [1.807, 2.05) is 0 Å². The van der Waals surface area contributed by atoms with E-state index in [2.05, 4.69) is 18.7 Å². The molecule has 1 unspecified atom stereocenters. The molecule has 0 aliphatic carbocycles. The van der Waals surface area contributed by atoms with Crippen LogP contribution in [0.5, 0.6) is 0 Å². The summed E-state index contributed by atoms with van der Waals surface area (Å²) >= 11 is 0. The third-order valence-corrected chi connectivity index (χ3v) is 3.17. The predicted molar refractivity (Wildman–Crippen MR) is 74.8 cm³/mol. The number of halogens is 1. The minimum atomic E-state index is -0.373. The molecular formula is C14H22FN3O. The van der Waals surface area contributed by atoms with Gasteiger partial charge in [-0.25, -0.2) is 4.39 Å². The topological polar surface area (TPSA) is 62.3 Å². The summed E-state index contributed by atoms with van der Waals surface area (Å²) in [5.41, 5.74) is 6.83. The highest BCUT2D eigenvalue weighted by Gasteiger charge is 2.15. The van der Waals surface area contributed by atoms with E-state index in [0.717, 1.165) is 12.1 Å². The van der Waals surface area contributed by atoms with Crippen LogP contribution >= 0.6 is 0 Å². The number of hydrogen-bond acceptors (Lipinski definition) is 3. The Balaban J connectivity index is 2.93. The first-order chi connectivity index (χ1) is 8.99. The number of nitrogens with one attached hydrogen (secondary N) is 1. The largest absolute Gasteiger partial charge is 0.384 e. The van der Waals surface area contributed by atoms with Gasteiger partial charge in [-0.2, -0.15) is 0 Å². The van der Waals surface area contributed by atoms with Crippen LogP contribution in [0.3, 0.4) is 0 Å². The van der Waals surface area contributed by atoms with Crippen LogP contribution in [0.2, 0.25) is 0 Å². The Morgan fingerprint density at radius 1 is 1.53 bits per heavy atom. The zero-order chi connectivity index (χ0) is 14.4. The summed E-state index contributed by atoms with van der Waals surface area (Å²) in [6.07, 6.45) is 0. The van der Waals surface area contributed by atoms with Gasteiger partial charge in [0.2, 0.25) is 0 Å². The number of nitrogen functional groups attached to an aromatic ring is 1. The van der Waals surface area contributed by atoms with E-state index in [1.54, 1.807) is 13.2 Å². The lowest BCUT2D eigenvalue weighted by Gasteiger charge is -2.28. The molecule has 1 rings (SSSR count). The van der Waals surface area contributed by atoms with Gasteiger partial charge in [-0.15, -0.1) is 0 Å². The van der Waals surface area contributed by atoms with E-state index in [9.17, 15) is 4.39 Å². The van der Waals surface area contributed by atoms with Crippen LogP contribution in [0, 0.1) is 11.2 Å². The summed E-state index contributed by atoms with van der Waals surface area (Å²) < 4.78 is 18.4. The lowest BCUT2D eigenvalue weighted by atomic mass is 10.1. The van der Waals surface area contributed by atoms with Crippen molar-refractivity contribution in [3.8, 4) is 0 Å². The molecule has 0 aliphatic rings. The Morgan fingerprint density at radius 3 is 2.74 bits per heavy atom. The summed E-state index contributed by atoms with van der Waals surface area (Å²) in [6, 6.07) is 4.65. The lowest BCUT2D eigenvalue weighted by molar-refractivity contribution is 0.0981. The van der Waals surface area contributed by atoms with Gasteiger partial charge in [0.05, 0.1) is 6.61 Å². The van der Waals surface area contributed by atoms with Crippen LogP contribution < -0.4 is 5.73 Å². The van der Waals surface area contributed by atoms with Crippen molar-refractivity contribution in [3.05, 3.63) is 35.1 Å². The Morgan fingerprint density at radius 2 is 2.21 bits per heavy atom. The maximum absolute atomic E-state index is 13.2. The second-order valence-electron chi connectivity index (χ2n) is 4.58. The molecular weight excluding hydrogens is 245 g/mol. The number of nitrogens with zero attached hydrogens (tertiary/aromatic N) is 1. The van der Waals surface area contributed by atoms with Crippen LogP contribution in [0.25, 0.3) is 0 Å². The molecule has 4 nitrogen and oxygen atoms in total. The maximum atomic E-state index is 13.2. The van der Waals surface area contributed by atoms with Crippen molar-refractivity contribution in [2.75, 3.05) is 20.3 Å². The molecule has 1 atom stereocenters. The van der Waals surface area contributed by atoms with E-state index in [-0.39, 0.29) is 17.7 Å². The maximum Gasteiger partial charge on any atom is 0.123 e. The van der Waals surface area contributed by atoms with Crippen molar-refractivity contribution in [1.82, 2.24) is 4.90 Å². The molecule has 19 heavy (non-hydrogen) atoms. The molecule has 0 heterocycles. The molecule has 1 aromatic carbocycles. The van der Waals surface area contributed by atoms with Crippen LogP contribution in [0.15, 0.2) is 18.2 Å². The fourth-order valence-electron chi connectivity index (χ4n) is 2.08. The number of hydrogen-bond donors (Lipinski definition) is 2. The predicted octanol–water partition coefficient (Wildman–Crippen LogP) is 1.97. The van der Waals surface area contributed by atoms with Crippen molar-refractivity contribution in [2.24, 2.45) is 5.73 Å². The Bertz CT molecular complexity index is 437. The second kappa shape index (κ2) is 7.21. The fourth-order valence-corrected chi connectivity index (χ4v) is 2.08. The Labute approximate surface area is 113 Å². The minimum absolute atomic E-state index is 0.107. The third-order valence-electron chi connectivity index (χ3n) is 3.17. The van der Waals surface area contributed by atoms with Crippen LogP contribution in [-0.2, 0) is 11.3 Å². The first-order valence-electron chi connectivity index (χ1n) is 6.35. The molecule has 0 bridgehead atoms. The zero-order valence-electron chi connectivity index (χ0n) is 11.7. The van der Waals surface area contributed by atoms with E-state index < -0.39 is 0 Å². The molecule has 0 saturated carbocycles. The quantitative estimate of drug-likeness (QED) is 0.586. The monoisotopic (exact) mass is 267 g/mol. The fraction of sp³-hybridized carbons (Fsp3) is 0.500. The molecule has 0 saturated heterocycles. The molecule has 5 heteroatoms. The van der Waals surface area contributed by atoms with Crippen molar-refractivity contribution in [3.63, 3.8) is 0 Å². The van der Waals surface area contributed by atoms with Gasteiger partial charge in [0.25, 0.3) is 0 Å². The average Bonchev–Trinajstić information content (AvgIpc) is 2.37. The van der Waals surface area contributed by atoms with E-state index in [1.165, 1.54) is 12.1 Å². The number of amidine groups is 1. The number of methoxy groups -OCH3 is 1. The smallest absolute Gasteiger partial charge is 0.123 e. The van der Waals surface area contributed by atoms with Gasteiger partial charge in [-0.3, -0.25) is 10.3 Å². The summed E-state index contributed by atoms with van der Waals surface area (Å²) in [7, 11) is 1.67. The summed E-state index contributed by atoms with van der Waals surface area (Å²) in [4.78, 5) is 2.20. The van der Waals surface area contributed by atoms with Gasteiger partial charge < -0.3 is 10.5 Å². The SMILES string of the molecule is CCN(Cc1ccc(F)cc1C(=N)N)C(C)COC. The second-order valence-corrected chi connectivity index (χ2v) is 4.58. The van der Waals surface area contributed by atoms with Crippen LogP contribution in [-0.4, -0.2) is 37.0 Å². The Hall–Kier alpha value is -1.46. The molecule has 0 radical (unpaired) electrons. The highest BCUT2D eigenvalue weighted by Crippen LogP contribution is 2.15. The van der Waals surface area contributed by atoms with Gasteiger partial charge in [-0.05, 0) is 31.2 Å². The normalized spacial score (nSPS) is 12.7. The van der Waals surface area contributed by atoms with Crippen molar-refractivity contribution < 1.29 is 9.13 Å². The van der Waals surface area contributed by atoms with E-state index in [4.69, 9.17) is 15.9 Å². The summed E-state index contributed by atoms with van der Waals surface area (Å²) in [5, 5.41) is 7.53. The molecule has 0 fully saturated rings. The number of rotatable bonds is 7. The molecule has 1 aromatic rings. The summed E-state index contributed by atoms with van der Waals surface area (Å²) in [5.74, 6) is -0.480. The van der Waals surface area contributed by atoms with Gasteiger partial charge in [-0.1, -0.05) is 13.0 Å². The molecule has 0 amide bonds. The number of nitrogens with two attached hydrogens (primary N) is 1. The Kier molecular flexibility index (Phi) is 5.92. The van der Waals surface area contributed by atoms with Gasteiger partial charge in [0.15, 0.2) is 0 Å². The molecule has 0 aliphatic heterocycles. The molecule has 0 spiro atoms. The average molecular weight is 267 g/mol. The summed E-state index contributed by atoms with van der Waals surface area (Å²) in [6.45, 7) is 6.23. The zero-order valence-corrected chi connectivity index (χ0v) is 11.7. The van der Waals surface area contributed by atoms with Crippen molar-refractivity contribution in [1.29, 1.82) is 5.41 Å². The third kappa shape index (κ3) is 4.29. The highest BCUT2D eigenvalue weighted by molar-refractivity contribution is 5.96. The lowest BCUT2D eigenvalue weighted by Crippen LogP contribution is -2.36. The first kappa shape index (κ1) is 15.6.